The molecule has 2 heterocycles. The van der Waals surface area contributed by atoms with E-state index in [0.29, 0.717) is 39.1 Å². The van der Waals surface area contributed by atoms with Crippen LogP contribution in [0.5, 0.6) is 5.75 Å². The monoisotopic (exact) mass is 290 g/mol. The molecule has 0 amide bonds. The van der Waals surface area contributed by atoms with E-state index in [1.54, 1.807) is 7.11 Å². The van der Waals surface area contributed by atoms with Gasteiger partial charge >= 0.3 is 0 Å². The fraction of sp³-hybridized carbons (Fsp3) is 0.588. The van der Waals surface area contributed by atoms with Crippen LogP contribution in [0.25, 0.3) is 0 Å². The summed E-state index contributed by atoms with van der Waals surface area (Å²) in [5, 5.41) is 0. The molecule has 21 heavy (non-hydrogen) atoms. The van der Waals surface area contributed by atoms with Gasteiger partial charge in [-0.25, -0.2) is 0 Å². The van der Waals surface area contributed by atoms with Crippen molar-refractivity contribution in [3.05, 3.63) is 29.8 Å². The minimum atomic E-state index is -0.647. The molecule has 0 N–H and O–H groups in total. The Balaban J connectivity index is 1.76. The molecule has 0 saturated carbocycles. The lowest BCUT2D eigenvalue weighted by atomic mass is 9.81. The number of benzene rings is 1. The lowest BCUT2D eigenvalue weighted by Crippen LogP contribution is -2.46. The second-order valence-corrected chi connectivity index (χ2v) is 5.81. The highest BCUT2D eigenvalue weighted by Gasteiger charge is 2.41. The van der Waals surface area contributed by atoms with E-state index in [1.165, 1.54) is 0 Å². The molecule has 3 rings (SSSR count). The van der Waals surface area contributed by atoms with Crippen molar-refractivity contribution >= 4 is 5.78 Å². The number of hydrogen-bond acceptors (Lipinski definition) is 4. The van der Waals surface area contributed by atoms with Crippen LogP contribution in [0.3, 0.4) is 0 Å². The number of carbonyl (C=O) groups excluding carboxylic acids is 1. The standard InChI is InChI=1S/C17H22O4/c1-19-17(7-10-20-11-8-17)16(18)12-13-6-9-21-15-5-3-2-4-14(13)15/h2-5,13H,6-12H2,1H3. The van der Waals surface area contributed by atoms with Crippen LogP contribution in [0, 0.1) is 0 Å². The Kier molecular flexibility index (Phi) is 4.27. The van der Waals surface area contributed by atoms with E-state index in [1.807, 2.05) is 18.2 Å². The summed E-state index contributed by atoms with van der Waals surface area (Å²) < 4.78 is 16.6. The summed E-state index contributed by atoms with van der Waals surface area (Å²) >= 11 is 0. The molecule has 1 saturated heterocycles. The molecule has 1 aromatic rings. The second kappa shape index (κ2) is 6.16. The minimum Gasteiger partial charge on any atom is -0.493 e. The third-order valence-corrected chi connectivity index (χ3v) is 4.71. The molecule has 1 aromatic carbocycles. The Morgan fingerprint density at radius 2 is 2.05 bits per heavy atom. The molecular weight excluding hydrogens is 268 g/mol. The van der Waals surface area contributed by atoms with Crippen LogP contribution in [0.15, 0.2) is 24.3 Å². The zero-order valence-electron chi connectivity index (χ0n) is 12.5. The van der Waals surface area contributed by atoms with Crippen molar-refractivity contribution in [2.75, 3.05) is 26.9 Å². The van der Waals surface area contributed by atoms with E-state index >= 15 is 0 Å². The Labute approximate surface area is 125 Å². The molecule has 0 aliphatic carbocycles. The molecule has 2 aliphatic heterocycles. The maximum atomic E-state index is 12.8. The van der Waals surface area contributed by atoms with Crippen molar-refractivity contribution in [2.45, 2.75) is 37.2 Å². The van der Waals surface area contributed by atoms with Gasteiger partial charge in [-0.05, 0) is 24.0 Å². The third-order valence-electron chi connectivity index (χ3n) is 4.71. The summed E-state index contributed by atoms with van der Waals surface area (Å²) in [6.07, 6.45) is 2.73. The van der Waals surface area contributed by atoms with Gasteiger partial charge in [0, 0.05) is 39.6 Å². The van der Waals surface area contributed by atoms with Crippen LogP contribution in [0.2, 0.25) is 0 Å². The fourth-order valence-electron chi connectivity index (χ4n) is 3.34. The average molecular weight is 290 g/mol. The molecule has 0 radical (unpaired) electrons. The van der Waals surface area contributed by atoms with Crippen LogP contribution in [0.1, 0.15) is 37.2 Å². The van der Waals surface area contributed by atoms with Crippen LogP contribution in [0.4, 0.5) is 0 Å². The van der Waals surface area contributed by atoms with Gasteiger partial charge < -0.3 is 14.2 Å². The van der Waals surface area contributed by atoms with E-state index < -0.39 is 5.60 Å². The van der Waals surface area contributed by atoms with Gasteiger partial charge in [-0.1, -0.05) is 18.2 Å². The number of para-hydroxylation sites is 1. The molecule has 4 heteroatoms. The number of ether oxygens (including phenoxy) is 3. The molecule has 4 nitrogen and oxygen atoms in total. The van der Waals surface area contributed by atoms with E-state index in [0.717, 1.165) is 17.7 Å². The highest BCUT2D eigenvalue weighted by Crippen LogP contribution is 2.38. The number of Topliss-reactive ketones (excluding diaryl/α,β-unsaturated/α-hetero) is 1. The van der Waals surface area contributed by atoms with E-state index in [4.69, 9.17) is 14.2 Å². The van der Waals surface area contributed by atoms with Crippen LogP contribution in [-0.2, 0) is 14.3 Å². The quantitative estimate of drug-likeness (QED) is 0.855. The van der Waals surface area contributed by atoms with Gasteiger partial charge in [-0.3, -0.25) is 4.79 Å². The average Bonchev–Trinajstić information content (AvgIpc) is 2.56. The smallest absolute Gasteiger partial charge is 0.165 e. The third kappa shape index (κ3) is 2.83. The molecule has 0 aromatic heterocycles. The number of ketones is 1. The molecule has 1 fully saturated rings. The molecule has 0 spiro atoms. The number of rotatable bonds is 4. The summed E-state index contributed by atoms with van der Waals surface area (Å²) in [7, 11) is 1.64. The van der Waals surface area contributed by atoms with Gasteiger partial charge in [0.1, 0.15) is 11.4 Å². The summed E-state index contributed by atoms with van der Waals surface area (Å²) in [4.78, 5) is 12.8. The lowest BCUT2D eigenvalue weighted by Gasteiger charge is -2.36. The number of fused-ring (bicyclic) bond motifs is 1. The Bertz CT molecular complexity index is 505. The fourth-order valence-corrected chi connectivity index (χ4v) is 3.34. The zero-order valence-corrected chi connectivity index (χ0v) is 12.5. The summed E-state index contributed by atoms with van der Waals surface area (Å²) in [5.41, 5.74) is 0.501. The van der Waals surface area contributed by atoms with Crippen LogP contribution in [-0.4, -0.2) is 38.3 Å². The maximum absolute atomic E-state index is 12.8. The summed E-state index contributed by atoms with van der Waals surface area (Å²) in [6.45, 7) is 1.88. The molecular formula is C17H22O4. The van der Waals surface area contributed by atoms with Gasteiger partial charge in [0.05, 0.1) is 6.61 Å². The molecule has 2 aliphatic rings. The predicted molar refractivity (Wildman–Crippen MR) is 78.7 cm³/mol. The first-order valence-corrected chi connectivity index (χ1v) is 7.63. The Morgan fingerprint density at radius 3 is 2.81 bits per heavy atom. The number of carbonyl (C=O) groups is 1. The van der Waals surface area contributed by atoms with Crippen LogP contribution >= 0.6 is 0 Å². The van der Waals surface area contributed by atoms with E-state index in [9.17, 15) is 4.79 Å². The second-order valence-electron chi connectivity index (χ2n) is 5.81. The first-order valence-electron chi connectivity index (χ1n) is 7.63. The zero-order chi connectivity index (χ0) is 14.7. The van der Waals surface area contributed by atoms with Crippen molar-refractivity contribution in [1.82, 2.24) is 0 Å². The topological polar surface area (TPSA) is 44.8 Å². The van der Waals surface area contributed by atoms with Gasteiger partial charge in [-0.2, -0.15) is 0 Å². The molecule has 1 atom stereocenters. The lowest BCUT2D eigenvalue weighted by molar-refractivity contribution is -0.153. The van der Waals surface area contributed by atoms with E-state index in [-0.39, 0.29) is 11.7 Å². The molecule has 114 valence electrons. The Morgan fingerprint density at radius 1 is 1.29 bits per heavy atom. The largest absolute Gasteiger partial charge is 0.493 e. The normalized spacial score (nSPS) is 24.0. The highest BCUT2D eigenvalue weighted by molar-refractivity contribution is 5.88. The van der Waals surface area contributed by atoms with Gasteiger partial charge in [0.15, 0.2) is 5.78 Å². The minimum absolute atomic E-state index is 0.204. The summed E-state index contributed by atoms with van der Waals surface area (Å²) in [6, 6.07) is 8.02. The Hall–Kier alpha value is -1.39. The van der Waals surface area contributed by atoms with Gasteiger partial charge in [0.25, 0.3) is 0 Å². The van der Waals surface area contributed by atoms with Crippen LogP contribution < -0.4 is 4.74 Å². The first-order chi connectivity index (χ1) is 10.2. The summed E-state index contributed by atoms with van der Waals surface area (Å²) in [5.74, 6) is 1.35. The van der Waals surface area contributed by atoms with Crippen molar-refractivity contribution in [2.24, 2.45) is 0 Å². The van der Waals surface area contributed by atoms with Crippen molar-refractivity contribution in [1.29, 1.82) is 0 Å². The number of methoxy groups -OCH3 is 1. The van der Waals surface area contributed by atoms with Crippen molar-refractivity contribution in [3.63, 3.8) is 0 Å². The first kappa shape index (κ1) is 14.5. The van der Waals surface area contributed by atoms with Crippen molar-refractivity contribution in [3.8, 4) is 5.75 Å². The highest BCUT2D eigenvalue weighted by atomic mass is 16.5. The SMILES string of the molecule is COC1(C(=O)CC2CCOc3ccccc32)CCOCC1. The number of hydrogen-bond donors (Lipinski definition) is 0. The van der Waals surface area contributed by atoms with Gasteiger partial charge in [0.2, 0.25) is 0 Å². The van der Waals surface area contributed by atoms with Gasteiger partial charge in [-0.15, -0.1) is 0 Å². The van der Waals surface area contributed by atoms with E-state index in [2.05, 4.69) is 6.07 Å². The molecule has 0 bridgehead atoms. The predicted octanol–water partition coefficient (Wildman–Crippen LogP) is 2.71. The maximum Gasteiger partial charge on any atom is 0.165 e. The molecule has 1 unspecified atom stereocenters. The van der Waals surface area contributed by atoms with Crippen molar-refractivity contribution < 1.29 is 19.0 Å².